The Balaban J connectivity index is 0.000000139. The van der Waals surface area contributed by atoms with Crippen LogP contribution in [0, 0.1) is 0 Å². The summed E-state index contributed by atoms with van der Waals surface area (Å²) in [6, 6.07) is 135. The number of anilines is 6. The predicted molar refractivity (Wildman–Crippen MR) is 424 cm³/mol. The molecule has 0 bridgehead atoms. The zero-order chi connectivity index (χ0) is 66.0. The minimum atomic E-state index is 0.862. The van der Waals surface area contributed by atoms with E-state index in [1.54, 1.807) is 0 Å². The predicted octanol–water partition coefficient (Wildman–Crippen LogP) is 27.7. The summed E-state index contributed by atoms with van der Waals surface area (Å²) in [4.78, 5) is 4.80. The molecule has 0 saturated heterocycles. The number of para-hydroxylation sites is 1. The van der Waals surface area contributed by atoms with Crippen molar-refractivity contribution < 1.29 is 8.83 Å². The van der Waals surface area contributed by atoms with E-state index in [-0.39, 0.29) is 0 Å². The molecule has 0 radical (unpaired) electrons. The fourth-order valence-electron chi connectivity index (χ4n) is 15.3. The van der Waals surface area contributed by atoms with Crippen molar-refractivity contribution >= 4 is 143 Å². The molecule has 0 amide bonds. The van der Waals surface area contributed by atoms with E-state index in [1.165, 1.54) is 92.8 Å². The van der Waals surface area contributed by atoms with E-state index in [1.807, 2.05) is 0 Å². The number of hydrogen-bond donors (Lipinski definition) is 0. The van der Waals surface area contributed by atoms with Crippen LogP contribution in [0.25, 0.3) is 153 Å². The molecule has 4 heteroatoms. The number of fused-ring (bicyclic) bond motifs is 14. The third-order valence-corrected chi connectivity index (χ3v) is 20.0. The molecule has 468 valence electrons. The Bertz CT molecular complexity index is 6560. The molecule has 0 N–H and O–H groups in total. The molecule has 0 aliphatic carbocycles. The van der Waals surface area contributed by atoms with Crippen LogP contribution < -0.4 is 9.80 Å². The maximum absolute atomic E-state index is 6.85. The summed E-state index contributed by atoms with van der Waals surface area (Å²) in [5.74, 6) is 0. The van der Waals surface area contributed by atoms with E-state index in [0.717, 1.165) is 94.3 Å². The molecule has 18 aromatic carbocycles. The van der Waals surface area contributed by atoms with Gasteiger partial charge in [-0.25, -0.2) is 0 Å². The third-order valence-electron chi connectivity index (χ3n) is 20.0. The molecule has 0 spiro atoms. The van der Waals surface area contributed by atoms with Gasteiger partial charge in [-0.15, -0.1) is 0 Å². The van der Waals surface area contributed by atoms with Gasteiger partial charge in [0, 0.05) is 44.2 Å². The number of benzene rings is 18. The lowest BCUT2D eigenvalue weighted by Crippen LogP contribution is -2.11. The molecule has 4 nitrogen and oxygen atoms in total. The summed E-state index contributed by atoms with van der Waals surface area (Å²) in [7, 11) is 0. The highest BCUT2D eigenvalue weighted by Crippen LogP contribution is 2.51. The highest BCUT2D eigenvalue weighted by molar-refractivity contribution is 6.25. The lowest BCUT2D eigenvalue weighted by atomic mass is 9.93. The van der Waals surface area contributed by atoms with E-state index in [9.17, 15) is 0 Å². The first-order valence-corrected chi connectivity index (χ1v) is 34.2. The Hall–Kier alpha value is -13.3. The Morgan fingerprint density at radius 3 is 1.07 bits per heavy atom. The maximum Gasteiger partial charge on any atom is 0.143 e. The average molecular weight is 1280 g/mol. The van der Waals surface area contributed by atoms with Crippen LogP contribution in [0.3, 0.4) is 0 Å². The lowest BCUT2D eigenvalue weighted by molar-refractivity contribution is 0.672. The largest absolute Gasteiger partial charge is 0.455 e. The minimum absolute atomic E-state index is 0.862. The minimum Gasteiger partial charge on any atom is -0.455 e. The van der Waals surface area contributed by atoms with Crippen molar-refractivity contribution in [3.05, 3.63) is 376 Å². The van der Waals surface area contributed by atoms with E-state index in [0.29, 0.717) is 0 Å². The summed E-state index contributed by atoms with van der Waals surface area (Å²) < 4.78 is 13.7. The van der Waals surface area contributed by atoms with Crippen molar-refractivity contribution in [2.45, 2.75) is 0 Å². The maximum atomic E-state index is 6.85. The Morgan fingerprint density at radius 1 is 0.180 bits per heavy atom. The molecule has 2 aromatic heterocycles. The van der Waals surface area contributed by atoms with Crippen molar-refractivity contribution in [3.8, 4) is 44.5 Å². The van der Waals surface area contributed by atoms with Crippen LogP contribution in [0.5, 0.6) is 0 Å². The molecule has 0 saturated carbocycles. The van der Waals surface area contributed by atoms with Gasteiger partial charge in [0.1, 0.15) is 22.3 Å². The quantitative estimate of drug-likeness (QED) is 0.137. The molecule has 0 atom stereocenters. The van der Waals surface area contributed by atoms with Crippen LogP contribution in [0.2, 0.25) is 0 Å². The van der Waals surface area contributed by atoms with Crippen LogP contribution in [0.15, 0.2) is 385 Å². The second kappa shape index (κ2) is 24.4. The second-order valence-corrected chi connectivity index (χ2v) is 25.9. The number of hydrogen-bond acceptors (Lipinski definition) is 4. The Kier molecular flexibility index (Phi) is 14.2. The van der Waals surface area contributed by atoms with Crippen LogP contribution >= 0.6 is 0 Å². The Morgan fingerprint density at radius 2 is 0.550 bits per heavy atom. The van der Waals surface area contributed by atoms with Gasteiger partial charge in [-0.05, 0) is 184 Å². The first-order chi connectivity index (χ1) is 49.6. The summed E-state index contributed by atoms with van der Waals surface area (Å²) >= 11 is 0. The van der Waals surface area contributed by atoms with Crippen molar-refractivity contribution in [2.75, 3.05) is 9.80 Å². The number of furan rings is 2. The van der Waals surface area contributed by atoms with Crippen LogP contribution in [-0.2, 0) is 0 Å². The third kappa shape index (κ3) is 10.2. The second-order valence-electron chi connectivity index (χ2n) is 25.9. The summed E-state index contributed by atoms with van der Waals surface area (Å²) in [6.45, 7) is 0. The van der Waals surface area contributed by atoms with Gasteiger partial charge in [-0.2, -0.15) is 0 Å². The number of rotatable bonds is 10. The van der Waals surface area contributed by atoms with E-state index in [2.05, 4.69) is 386 Å². The van der Waals surface area contributed by atoms with Crippen LogP contribution in [0.4, 0.5) is 34.1 Å². The fraction of sp³-hybridized carbons (Fsp3) is 0. The van der Waals surface area contributed by atoms with Crippen molar-refractivity contribution in [1.29, 1.82) is 0 Å². The van der Waals surface area contributed by atoms with Gasteiger partial charge in [-0.3, -0.25) is 0 Å². The SMILES string of the molecule is c1ccc(-c2cccc(N(c3ccc4ccccc4c3)c3cccc4oc5c6ccccc6c(-c6ccc7ccccc7c6)cc5c34)c2)cc1.c1ccc(-c2ccccc2N(c2ccc3ccccc3c2)c2cccc3oc4c5ccccc5c(-c5ccc6ccccc6c5)cc4c23)cc1. The molecule has 20 aromatic rings. The van der Waals surface area contributed by atoms with Gasteiger partial charge in [0.2, 0.25) is 0 Å². The van der Waals surface area contributed by atoms with E-state index < -0.39 is 0 Å². The molecule has 0 unspecified atom stereocenters. The molecule has 0 aliphatic rings. The molecule has 2 heterocycles. The van der Waals surface area contributed by atoms with Crippen molar-refractivity contribution in [3.63, 3.8) is 0 Å². The summed E-state index contributed by atoms with van der Waals surface area (Å²) in [5.41, 5.74) is 19.5. The zero-order valence-corrected chi connectivity index (χ0v) is 54.5. The van der Waals surface area contributed by atoms with Gasteiger partial charge in [0.15, 0.2) is 0 Å². The molecule has 0 aliphatic heterocycles. The van der Waals surface area contributed by atoms with E-state index in [4.69, 9.17) is 8.83 Å². The standard InChI is InChI=1S/2C48H31NO/c1-2-12-32(13-3-1)37-18-10-19-39(29-37)49(40-27-26-34-15-5-7-17-36(34)30-40)45-22-11-23-46-47(45)44-31-43(41-20-8-9-21-42(41)48(44)50-46)38-25-24-33-14-4-6-16-35(33)28-38;1-2-15-34(16-3-1)39-19-10-11-22-44(39)49(38-28-27-33-14-5-7-18-36(33)30-38)45-23-12-24-46-47(45)43-31-42(40-20-8-9-21-41(40)48(43)50-46)37-26-25-32-13-4-6-17-35(32)29-37/h2*1-31H. The monoisotopic (exact) mass is 1270 g/mol. The lowest BCUT2D eigenvalue weighted by Gasteiger charge is -2.29. The number of nitrogens with zero attached hydrogens (tertiary/aromatic N) is 2. The highest BCUT2D eigenvalue weighted by atomic mass is 16.3. The summed E-state index contributed by atoms with van der Waals surface area (Å²) in [6.07, 6.45) is 0. The van der Waals surface area contributed by atoms with Gasteiger partial charge in [0.25, 0.3) is 0 Å². The smallest absolute Gasteiger partial charge is 0.143 e. The zero-order valence-electron chi connectivity index (χ0n) is 54.5. The van der Waals surface area contributed by atoms with Crippen LogP contribution in [0.1, 0.15) is 0 Å². The van der Waals surface area contributed by atoms with Crippen molar-refractivity contribution in [1.82, 2.24) is 0 Å². The molecular formula is C96H62N2O2. The van der Waals surface area contributed by atoms with Gasteiger partial charge < -0.3 is 18.6 Å². The molecule has 0 fully saturated rings. The average Bonchev–Trinajstić information content (AvgIpc) is 1.63. The van der Waals surface area contributed by atoms with E-state index >= 15 is 0 Å². The van der Waals surface area contributed by atoms with Gasteiger partial charge in [-0.1, -0.05) is 285 Å². The van der Waals surface area contributed by atoms with Gasteiger partial charge in [0.05, 0.1) is 27.8 Å². The van der Waals surface area contributed by atoms with Crippen LogP contribution in [-0.4, -0.2) is 0 Å². The van der Waals surface area contributed by atoms with Crippen molar-refractivity contribution in [2.24, 2.45) is 0 Å². The van der Waals surface area contributed by atoms with Gasteiger partial charge >= 0.3 is 0 Å². The molecule has 20 rings (SSSR count). The Labute approximate surface area is 578 Å². The molecular weight excluding hydrogens is 1210 g/mol. The fourth-order valence-corrected chi connectivity index (χ4v) is 15.3. The molecule has 100 heavy (non-hydrogen) atoms. The highest BCUT2D eigenvalue weighted by Gasteiger charge is 2.26. The topological polar surface area (TPSA) is 32.8 Å². The normalized spacial score (nSPS) is 11.6. The first-order valence-electron chi connectivity index (χ1n) is 34.2. The first kappa shape index (κ1) is 58.1. The summed E-state index contributed by atoms with van der Waals surface area (Å²) in [5, 5.41) is 18.7.